The van der Waals surface area contributed by atoms with Crippen LogP contribution in [0.25, 0.3) is 0 Å². The number of benzene rings is 1. The summed E-state index contributed by atoms with van der Waals surface area (Å²) in [7, 11) is 0. The molecule has 2 heterocycles. The molecule has 1 aromatic carbocycles. The first-order valence-electron chi connectivity index (χ1n) is 7.01. The summed E-state index contributed by atoms with van der Waals surface area (Å²) in [5.41, 5.74) is 2.58. The average molecular weight is 260 g/mol. The van der Waals surface area contributed by atoms with Crippen LogP contribution in [0, 0.1) is 0 Å². The van der Waals surface area contributed by atoms with Crippen molar-refractivity contribution < 1.29 is 9.53 Å². The summed E-state index contributed by atoms with van der Waals surface area (Å²) in [5, 5.41) is 6.40. The van der Waals surface area contributed by atoms with E-state index in [4.69, 9.17) is 4.74 Å². The Hall–Kier alpha value is -1.39. The molecule has 2 unspecified atom stereocenters. The Balaban J connectivity index is 1.59. The molecule has 0 bridgehead atoms. The number of carbonyl (C=O) groups is 1. The predicted molar refractivity (Wildman–Crippen MR) is 72.8 cm³/mol. The van der Waals surface area contributed by atoms with Gasteiger partial charge in [0, 0.05) is 13.2 Å². The van der Waals surface area contributed by atoms with Crippen LogP contribution in [0.15, 0.2) is 24.3 Å². The van der Waals surface area contributed by atoms with Crippen LogP contribution < -0.4 is 10.6 Å². The molecule has 1 amide bonds. The van der Waals surface area contributed by atoms with E-state index in [9.17, 15) is 4.79 Å². The Morgan fingerprint density at radius 2 is 2.16 bits per heavy atom. The molecule has 2 N–H and O–H groups in total. The summed E-state index contributed by atoms with van der Waals surface area (Å²) < 4.78 is 5.39. The third-order valence-electron chi connectivity index (χ3n) is 3.90. The molecule has 0 spiro atoms. The standard InChI is InChI=1S/C15H20N2O2/c18-15(17-13-6-3-7-19-10-13)14-8-11-4-1-2-5-12(11)9-16-14/h1-2,4-5,13-14,16H,3,6-10H2,(H,17,18). The van der Waals surface area contributed by atoms with Crippen molar-refractivity contribution in [1.82, 2.24) is 10.6 Å². The van der Waals surface area contributed by atoms with Crippen LogP contribution >= 0.6 is 0 Å². The summed E-state index contributed by atoms with van der Waals surface area (Å²) in [6, 6.07) is 8.37. The molecule has 4 nitrogen and oxygen atoms in total. The summed E-state index contributed by atoms with van der Waals surface area (Å²) >= 11 is 0. The van der Waals surface area contributed by atoms with E-state index in [-0.39, 0.29) is 18.0 Å². The van der Waals surface area contributed by atoms with E-state index in [1.807, 2.05) is 12.1 Å². The van der Waals surface area contributed by atoms with Crippen LogP contribution in [-0.2, 0) is 22.5 Å². The fourth-order valence-corrected chi connectivity index (χ4v) is 2.80. The minimum absolute atomic E-state index is 0.102. The van der Waals surface area contributed by atoms with Gasteiger partial charge in [-0.1, -0.05) is 24.3 Å². The Bertz CT molecular complexity index is 455. The molecule has 0 saturated carbocycles. The van der Waals surface area contributed by atoms with Crippen molar-refractivity contribution >= 4 is 5.91 Å². The number of hydrogen-bond acceptors (Lipinski definition) is 3. The maximum Gasteiger partial charge on any atom is 0.237 e. The molecule has 2 atom stereocenters. The molecule has 2 aliphatic heterocycles. The third kappa shape index (κ3) is 2.96. The molecule has 2 aliphatic rings. The van der Waals surface area contributed by atoms with Crippen LogP contribution in [0.1, 0.15) is 24.0 Å². The first-order chi connectivity index (χ1) is 9.33. The zero-order valence-corrected chi connectivity index (χ0v) is 11.0. The second-order valence-corrected chi connectivity index (χ2v) is 5.33. The van der Waals surface area contributed by atoms with Gasteiger partial charge in [-0.3, -0.25) is 4.79 Å². The van der Waals surface area contributed by atoms with Gasteiger partial charge in [-0.25, -0.2) is 0 Å². The number of hydrogen-bond donors (Lipinski definition) is 2. The van der Waals surface area contributed by atoms with Gasteiger partial charge in [0.15, 0.2) is 0 Å². The van der Waals surface area contributed by atoms with Crippen molar-refractivity contribution in [3.8, 4) is 0 Å². The average Bonchev–Trinajstić information content (AvgIpc) is 2.48. The second-order valence-electron chi connectivity index (χ2n) is 5.33. The van der Waals surface area contributed by atoms with Crippen molar-refractivity contribution in [3.05, 3.63) is 35.4 Å². The number of carbonyl (C=O) groups excluding carboxylic acids is 1. The van der Waals surface area contributed by atoms with Crippen LogP contribution in [0.3, 0.4) is 0 Å². The maximum absolute atomic E-state index is 12.2. The highest BCUT2D eigenvalue weighted by atomic mass is 16.5. The van der Waals surface area contributed by atoms with Gasteiger partial charge in [0.2, 0.25) is 5.91 Å². The summed E-state index contributed by atoms with van der Waals surface area (Å²) in [5.74, 6) is 0.102. The molecule has 0 aromatic heterocycles. The Morgan fingerprint density at radius 3 is 2.95 bits per heavy atom. The van der Waals surface area contributed by atoms with E-state index in [2.05, 4.69) is 22.8 Å². The van der Waals surface area contributed by atoms with Gasteiger partial charge in [-0.2, -0.15) is 0 Å². The summed E-state index contributed by atoms with van der Waals surface area (Å²) in [6.45, 7) is 2.24. The van der Waals surface area contributed by atoms with Crippen LogP contribution in [0.2, 0.25) is 0 Å². The quantitative estimate of drug-likeness (QED) is 0.834. The molecule has 3 rings (SSSR count). The first kappa shape index (κ1) is 12.6. The Labute approximate surface area is 113 Å². The number of nitrogens with one attached hydrogen (secondary N) is 2. The van der Waals surface area contributed by atoms with Crippen molar-refractivity contribution in [2.75, 3.05) is 13.2 Å². The molecule has 4 heteroatoms. The van der Waals surface area contributed by atoms with E-state index in [0.717, 1.165) is 32.4 Å². The lowest BCUT2D eigenvalue weighted by Gasteiger charge is -2.29. The molecule has 19 heavy (non-hydrogen) atoms. The molecule has 1 saturated heterocycles. The van der Waals surface area contributed by atoms with Crippen LogP contribution in [0.4, 0.5) is 0 Å². The third-order valence-corrected chi connectivity index (χ3v) is 3.90. The van der Waals surface area contributed by atoms with Crippen molar-refractivity contribution in [2.45, 2.75) is 37.9 Å². The topological polar surface area (TPSA) is 50.4 Å². The Kier molecular flexibility index (Phi) is 3.80. The maximum atomic E-state index is 12.2. The molecular formula is C15H20N2O2. The molecule has 0 aliphatic carbocycles. The lowest BCUT2D eigenvalue weighted by molar-refractivity contribution is -0.125. The highest BCUT2D eigenvalue weighted by Crippen LogP contribution is 2.16. The largest absolute Gasteiger partial charge is 0.379 e. The van der Waals surface area contributed by atoms with Crippen molar-refractivity contribution in [3.63, 3.8) is 0 Å². The Morgan fingerprint density at radius 1 is 1.32 bits per heavy atom. The van der Waals surface area contributed by atoms with Crippen molar-refractivity contribution in [2.24, 2.45) is 0 Å². The molecule has 0 radical (unpaired) electrons. The zero-order valence-electron chi connectivity index (χ0n) is 11.0. The van der Waals surface area contributed by atoms with Gasteiger partial charge in [0.05, 0.1) is 18.7 Å². The normalized spacial score (nSPS) is 26.5. The van der Waals surface area contributed by atoms with Crippen LogP contribution in [0.5, 0.6) is 0 Å². The first-order valence-corrected chi connectivity index (χ1v) is 7.01. The lowest BCUT2D eigenvalue weighted by atomic mass is 9.95. The SMILES string of the molecule is O=C(NC1CCCOC1)C1Cc2ccccc2CN1. The van der Waals surface area contributed by atoms with Gasteiger partial charge in [-0.15, -0.1) is 0 Å². The highest BCUT2D eigenvalue weighted by molar-refractivity contribution is 5.82. The molecule has 1 aromatic rings. The number of fused-ring (bicyclic) bond motifs is 1. The monoisotopic (exact) mass is 260 g/mol. The summed E-state index contributed by atoms with van der Waals surface area (Å²) in [4.78, 5) is 12.2. The van der Waals surface area contributed by atoms with E-state index in [0.29, 0.717) is 6.61 Å². The zero-order chi connectivity index (χ0) is 13.1. The highest BCUT2D eigenvalue weighted by Gasteiger charge is 2.26. The molecule has 102 valence electrons. The minimum Gasteiger partial charge on any atom is -0.379 e. The van der Waals surface area contributed by atoms with Crippen LogP contribution in [-0.4, -0.2) is 31.2 Å². The van der Waals surface area contributed by atoms with Gasteiger partial charge in [-0.05, 0) is 30.4 Å². The lowest BCUT2D eigenvalue weighted by Crippen LogP contribution is -2.52. The van der Waals surface area contributed by atoms with Gasteiger partial charge >= 0.3 is 0 Å². The van der Waals surface area contributed by atoms with Crippen molar-refractivity contribution in [1.29, 1.82) is 0 Å². The second kappa shape index (κ2) is 5.72. The fourth-order valence-electron chi connectivity index (χ4n) is 2.80. The molecule has 1 fully saturated rings. The smallest absolute Gasteiger partial charge is 0.237 e. The summed E-state index contributed by atoms with van der Waals surface area (Å²) in [6.07, 6.45) is 2.83. The number of rotatable bonds is 2. The van der Waals surface area contributed by atoms with Gasteiger partial charge in [0.25, 0.3) is 0 Å². The van der Waals surface area contributed by atoms with Gasteiger partial charge < -0.3 is 15.4 Å². The van der Waals surface area contributed by atoms with Gasteiger partial charge in [0.1, 0.15) is 0 Å². The van der Waals surface area contributed by atoms with E-state index >= 15 is 0 Å². The fraction of sp³-hybridized carbons (Fsp3) is 0.533. The number of ether oxygens (including phenoxy) is 1. The van der Waals surface area contributed by atoms with E-state index in [1.54, 1.807) is 0 Å². The van der Waals surface area contributed by atoms with E-state index < -0.39 is 0 Å². The predicted octanol–water partition coefficient (Wildman–Crippen LogP) is 0.996. The minimum atomic E-state index is -0.114. The van der Waals surface area contributed by atoms with E-state index in [1.165, 1.54) is 11.1 Å². The number of amides is 1. The molecular weight excluding hydrogens is 240 g/mol.